The van der Waals surface area contributed by atoms with E-state index in [1.165, 1.54) is 13.1 Å². The molecule has 1 N–H and O–H groups in total. The van der Waals surface area contributed by atoms with E-state index in [0.29, 0.717) is 5.56 Å². The van der Waals surface area contributed by atoms with Crippen molar-refractivity contribution >= 4 is 5.69 Å². The van der Waals surface area contributed by atoms with Crippen LogP contribution >= 0.6 is 0 Å². The van der Waals surface area contributed by atoms with E-state index in [9.17, 15) is 19.6 Å². The highest BCUT2D eigenvalue weighted by Crippen LogP contribution is 2.33. The minimum absolute atomic E-state index is 0.00352. The predicted octanol–water partition coefficient (Wildman–Crippen LogP) is 2.97. The van der Waals surface area contributed by atoms with Gasteiger partial charge in [0.1, 0.15) is 5.82 Å². The van der Waals surface area contributed by atoms with E-state index >= 15 is 0 Å². The number of hydrogen-bond donors (Lipinski definition) is 1. The van der Waals surface area contributed by atoms with Crippen molar-refractivity contribution in [2.45, 2.75) is 13.0 Å². The third kappa shape index (κ3) is 2.89. The molecule has 0 saturated heterocycles. The van der Waals surface area contributed by atoms with Gasteiger partial charge in [-0.2, -0.15) is 0 Å². The zero-order chi connectivity index (χ0) is 14.7. The molecule has 0 aliphatic rings. The van der Waals surface area contributed by atoms with Crippen molar-refractivity contribution in [3.05, 3.63) is 58.0 Å². The van der Waals surface area contributed by atoms with Crippen LogP contribution in [-0.4, -0.2) is 15.0 Å². The maximum Gasteiger partial charge on any atom is 0.311 e. The zero-order valence-electron chi connectivity index (χ0n) is 10.5. The molecular weight excluding hydrogens is 267 g/mol. The molecule has 1 atom stereocenters. The van der Waals surface area contributed by atoms with Crippen LogP contribution in [0.5, 0.6) is 11.6 Å². The third-order valence-electron chi connectivity index (χ3n) is 2.58. The summed E-state index contributed by atoms with van der Waals surface area (Å²) < 4.78 is 18.5. The van der Waals surface area contributed by atoms with Crippen molar-refractivity contribution in [3.8, 4) is 11.6 Å². The molecule has 20 heavy (non-hydrogen) atoms. The number of benzene rings is 1. The molecule has 0 spiro atoms. The molecule has 1 aromatic heterocycles. The Morgan fingerprint density at radius 1 is 1.45 bits per heavy atom. The summed E-state index contributed by atoms with van der Waals surface area (Å²) >= 11 is 0. The molecular formula is C13H11FN2O4. The van der Waals surface area contributed by atoms with Gasteiger partial charge in [-0.25, -0.2) is 9.37 Å². The minimum Gasteiger partial charge on any atom is -0.431 e. The lowest BCUT2D eigenvalue weighted by Gasteiger charge is -2.11. The van der Waals surface area contributed by atoms with Crippen molar-refractivity contribution in [2.24, 2.45) is 0 Å². The van der Waals surface area contributed by atoms with Gasteiger partial charge in [0, 0.05) is 23.9 Å². The van der Waals surface area contributed by atoms with Gasteiger partial charge in [-0.05, 0) is 25.1 Å². The van der Waals surface area contributed by atoms with Gasteiger partial charge in [-0.3, -0.25) is 10.1 Å². The number of nitrogens with zero attached hydrogens (tertiary/aromatic N) is 2. The summed E-state index contributed by atoms with van der Waals surface area (Å²) in [6.45, 7) is 1.50. The second kappa shape index (κ2) is 5.62. The van der Waals surface area contributed by atoms with Crippen LogP contribution in [0, 0.1) is 15.9 Å². The highest BCUT2D eigenvalue weighted by molar-refractivity contribution is 5.48. The summed E-state index contributed by atoms with van der Waals surface area (Å²) in [5.74, 6) is -0.938. The fourth-order valence-electron chi connectivity index (χ4n) is 1.63. The number of aliphatic hydroxyl groups is 1. The van der Waals surface area contributed by atoms with Crippen LogP contribution < -0.4 is 4.74 Å². The smallest absolute Gasteiger partial charge is 0.311 e. The molecule has 7 heteroatoms. The molecule has 2 aromatic rings. The van der Waals surface area contributed by atoms with Crippen molar-refractivity contribution in [3.63, 3.8) is 0 Å². The van der Waals surface area contributed by atoms with Gasteiger partial charge in [-0.15, -0.1) is 0 Å². The van der Waals surface area contributed by atoms with E-state index < -0.39 is 16.8 Å². The van der Waals surface area contributed by atoms with E-state index in [2.05, 4.69) is 4.98 Å². The lowest BCUT2D eigenvalue weighted by atomic mass is 10.2. The molecule has 104 valence electrons. The Labute approximate surface area is 113 Å². The number of pyridine rings is 1. The Kier molecular flexibility index (Phi) is 3.90. The molecule has 0 bridgehead atoms. The van der Waals surface area contributed by atoms with Crippen molar-refractivity contribution < 1.29 is 19.2 Å². The first-order valence-corrected chi connectivity index (χ1v) is 5.74. The van der Waals surface area contributed by atoms with Gasteiger partial charge in [0.2, 0.25) is 11.6 Å². The average molecular weight is 278 g/mol. The number of aliphatic hydroxyl groups excluding tert-OH is 1. The van der Waals surface area contributed by atoms with Crippen LogP contribution in [0.3, 0.4) is 0 Å². The van der Waals surface area contributed by atoms with E-state index in [1.807, 2.05) is 0 Å². The van der Waals surface area contributed by atoms with Crippen LogP contribution in [0.25, 0.3) is 0 Å². The van der Waals surface area contributed by atoms with Crippen LogP contribution in [0.15, 0.2) is 36.5 Å². The number of ether oxygens (including phenoxy) is 1. The first-order chi connectivity index (χ1) is 9.49. The standard InChI is InChI=1S/C13H11FN2O4/c1-8(17)10-3-2-6-15-13(10)20-12-7-9(14)4-5-11(12)16(18)19/h2-8,17H,1H3/t8-/m0/s1. The van der Waals surface area contributed by atoms with Gasteiger partial charge < -0.3 is 9.84 Å². The highest BCUT2D eigenvalue weighted by atomic mass is 19.1. The summed E-state index contributed by atoms with van der Waals surface area (Å²) in [6, 6.07) is 6.04. The van der Waals surface area contributed by atoms with E-state index in [1.54, 1.807) is 12.1 Å². The fraction of sp³-hybridized carbons (Fsp3) is 0.154. The normalized spacial score (nSPS) is 11.9. The SMILES string of the molecule is C[C@H](O)c1cccnc1Oc1cc(F)ccc1[N+](=O)[O-]. The van der Waals surface area contributed by atoms with Gasteiger partial charge in [0.05, 0.1) is 11.0 Å². The minimum atomic E-state index is -0.869. The lowest BCUT2D eigenvalue weighted by molar-refractivity contribution is -0.385. The first-order valence-electron chi connectivity index (χ1n) is 5.74. The Morgan fingerprint density at radius 2 is 2.20 bits per heavy atom. The Hall–Kier alpha value is -2.54. The molecule has 1 heterocycles. The first kappa shape index (κ1) is 13.9. The van der Waals surface area contributed by atoms with Crippen molar-refractivity contribution in [2.75, 3.05) is 0 Å². The third-order valence-corrected chi connectivity index (χ3v) is 2.58. The topological polar surface area (TPSA) is 85.5 Å². The lowest BCUT2D eigenvalue weighted by Crippen LogP contribution is -2.00. The molecule has 0 aliphatic carbocycles. The van der Waals surface area contributed by atoms with E-state index in [-0.39, 0.29) is 17.3 Å². The highest BCUT2D eigenvalue weighted by Gasteiger charge is 2.19. The molecule has 0 unspecified atom stereocenters. The quantitative estimate of drug-likeness (QED) is 0.686. The molecule has 2 rings (SSSR count). The molecule has 0 saturated carbocycles. The van der Waals surface area contributed by atoms with Crippen LogP contribution in [0.4, 0.5) is 10.1 Å². The van der Waals surface area contributed by atoms with Gasteiger partial charge in [0.15, 0.2) is 0 Å². The van der Waals surface area contributed by atoms with Crippen molar-refractivity contribution in [1.82, 2.24) is 4.98 Å². The number of hydrogen-bond acceptors (Lipinski definition) is 5. The zero-order valence-corrected chi connectivity index (χ0v) is 10.5. The molecule has 6 nitrogen and oxygen atoms in total. The molecule has 0 amide bonds. The average Bonchev–Trinajstić information content (AvgIpc) is 2.38. The van der Waals surface area contributed by atoms with E-state index in [4.69, 9.17) is 4.74 Å². The maximum absolute atomic E-state index is 13.2. The summed E-state index contributed by atoms with van der Waals surface area (Å²) in [4.78, 5) is 14.1. The number of halogens is 1. The van der Waals surface area contributed by atoms with Gasteiger partial charge >= 0.3 is 5.69 Å². The van der Waals surface area contributed by atoms with Crippen LogP contribution in [0.2, 0.25) is 0 Å². The summed E-state index contributed by atoms with van der Waals surface area (Å²) in [5.41, 5.74) is -0.0281. The Morgan fingerprint density at radius 3 is 2.85 bits per heavy atom. The molecule has 1 aromatic carbocycles. The fourth-order valence-corrected chi connectivity index (χ4v) is 1.63. The number of nitro benzene ring substituents is 1. The van der Waals surface area contributed by atoms with Gasteiger partial charge in [0.25, 0.3) is 0 Å². The Balaban J connectivity index is 2.45. The summed E-state index contributed by atoms with van der Waals surface area (Å²) in [6.07, 6.45) is 0.540. The van der Waals surface area contributed by atoms with Gasteiger partial charge in [-0.1, -0.05) is 0 Å². The Bertz CT molecular complexity index is 646. The predicted molar refractivity (Wildman–Crippen MR) is 68.0 cm³/mol. The molecule has 0 radical (unpaired) electrons. The number of aromatic nitrogens is 1. The largest absolute Gasteiger partial charge is 0.431 e. The maximum atomic E-state index is 13.2. The summed E-state index contributed by atoms with van der Waals surface area (Å²) in [7, 11) is 0. The number of nitro groups is 1. The number of rotatable bonds is 4. The second-order valence-corrected chi connectivity index (χ2v) is 4.04. The van der Waals surface area contributed by atoms with Crippen LogP contribution in [0.1, 0.15) is 18.6 Å². The summed E-state index contributed by atoms with van der Waals surface area (Å²) in [5, 5.41) is 20.5. The monoisotopic (exact) mass is 278 g/mol. The van der Waals surface area contributed by atoms with Crippen LogP contribution in [-0.2, 0) is 0 Å². The second-order valence-electron chi connectivity index (χ2n) is 4.04. The van der Waals surface area contributed by atoms with E-state index in [0.717, 1.165) is 18.2 Å². The molecule has 0 aliphatic heterocycles. The molecule has 0 fully saturated rings. The van der Waals surface area contributed by atoms with Crippen molar-refractivity contribution in [1.29, 1.82) is 0 Å².